The Kier molecular flexibility index (Phi) is 2.03. The lowest BCUT2D eigenvalue weighted by molar-refractivity contribution is 0.0697. The molecule has 0 bridgehead atoms. The number of nitrogens with zero attached hydrogens (tertiary/aromatic N) is 1. The first-order valence-electron chi connectivity index (χ1n) is 3.97. The summed E-state index contributed by atoms with van der Waals surface area (Å²) in [6, 6.07) is 3.16. The van der Waals surface area contributed by atoms with Gasteiger partial charge in [0.05, 0.1) is 5.56 Å². The highest BCUT2D eigenvalue weighted by Crippen LogP contribution is 2.25. The Balaban J connectivity index is 2.82. The summed E-state index contributed by atoms with van der Waals surface area (Å²) in [4.78, 5) is 10.8. The van der Waals surface area contributed by atoms with Crippen LogP contribution in [0, 0.1) is 6.92 Å². The van der Waals surface area contributed by atoms with Crippen molar-refractivity contribution >= 4 is 32.8 Å². The second-order valence-electron chi connectivity index (χ2n) is 3.01. The standard InChI is InChI=1S/C9H7BrN2O2/c1-4-6-2-5(9(13)14)3-7(10)8(6)12-11-4/h2-3H,1H3,(H,11,12)(H,13,14). The normalized spacial score (nSPS) is 10.7. The van der Waals surface area contributed by atoms with Gasteiger partial charge in [0.1, 0.15) is 5.52 Å². The van der Waals surface area contributed by atoms with Crippen molar-refractivity contribution in [3.63, 3.8) is 0 Å². The number of fused-ring (bicyclic) bond motifs is 1. The Morgan fingerprint density at radius 1 is 1.57 bits per heavy atom. The first kappa shape index (κ1) is 9.21. The van der Waals surface area contributed by atoms with Crippen LogP contribution in [0.25, 0.3) is 10.9 Å². The third-order valence-corrected chi connectivity index (χ3v) is 2.65. The smallest absolute Gasteiger partial charge is 0.335 e. The molecule has 1 aromatic carbocycles. The lowest BCUT2D eigenvalue weighted by Crippen LogP contribution is -1.95. The molecular formula is C9H7BrN2O2. The van der Waals surface area contributed by atoms with Crippen molar-refractivity contribution in [1.82, 2.24) is 10.2 Å². The van der Waals surface area contributed by atoms with E-state index in [9.17, 15) is 4.79 Å². The number of aryl methyl sites for hydroxylation is 1. The van der Waals surface area contributed by atoms with Gasteiger partial charge in [0, 0.05) is 15.6 Å². The number of aromatic carboxylic acids is 1. The fraction of sp³-hybridized carbons (Fsp3) is 0.111. The molecule has 0 saturated heterocycles. The highest BCUT2D eigenvalue weighted by Gasteiger charge is 2.10. The summed E-state index contributed by atoms with van der Waals surface area (Å²) in [5, 5.41) is 16.5. The zero-order valence-corrected chi connectivity index (χ0v) is 8.92. The van der Waals surface area contributed by atoms with E-state index in [0.717, 1.165) is 16.6 Å². The average molecular weight is 255 g/mol. The van der Waals surface area contributed by atoms with Crippen LogP contribution in [0.5, 0.6) is 0 Å². The molecule has 5 heteroatoms. The number of aromatic amines is 1. The van der Waals surface area contributed by atoms with Gasteiger partial charge in [-0.2, -0.15) is 5.10 Å². The van der Waals surface area contributed by atoms with E-state index in [1.54, 1.807) is 12.1 Å². The maximum absolute atomic E-state index is 10.8. The zero-order chi connectivity index (χ0) is 10.3. The van der Waals surface area contributed by atoms with E-state index in [1.165, 1.54) is 0 Å². The van der Waals surface area contributed by atoms with Crippen molar-refractivity contribution in [3.8, 4) is 0 Å². The summed E-state index contributed by atoms with van der Waals surface area (Å²) < 4.78 is 0.691. The highest BCUT2D eigenvalue weighted by atomic mass is 79.9. The Morgan fingerprint density at radius 3 is 2.93 bits per heavy atom. The van der Waals surface area contributed by atoms with Crippen LogP contribution < -0.4 is 0 Å². The molecule has 0 spiro atoms. The molecular weight excluding hydrogens is 248 g/mol. The molecule has 0 aliphatic heterocycles. The predicted octanol–water partition coefficient (Wildman–Crippen LogP) is 2.33. The van der Waals surface area contributed by atoms with E-state index >= 15 is 0 Å². The quantitative estimate of drug-likeness (QED) is 0.821. The second-order valence-corrected chi connectivity index (χ2v) is 3.86. The van der Waals surface area contributed by atoms with E-state index in [2.05, 4.69) is 26.1 Å². The number of carboxylic acid groups (broad SMARTS) is 1. The third-order valence-electron chi connectivity index (χ3n) is 2.05. The first-order chi connectivity index (χ1) is 6.59. The molecule has 0 amide bonds. The minimum absolute atomic E-state index is 0.258. The van der Waals surface area contributed by atoms with Crippen LogP contribution in [0.15, 0.2) is 16.6 Å². The van der Waals surface area contributed by atoms with Gasteiger partial charge in [-0.05, 0) is 35.0 Å². The number of hydrogen-bond donors (Lipinski definition) is 2. The van der Waals surface area contributed by atoms with E-state index in [0.29, 0.717) is 4.47 Å². The number of H-pyrrole nitrogens is 1. The van der Waals surface area contributed by atoms with Crippen molar-refractivity contribution in [2.45, 2.75) is 6.92 Å². The fourth-order valence-corrected chi connectivity index (χ4v) is 1.87. The average Bonchev–Trinajstić information content (AvgIpc) is 2.48. The molecule has 0 saturated carbocycles. The number of carbonyl (C=O) groups is 1. The molecule has 14 heavy (non-hydrogen) atoms. The minimum Gasteiger partial charge on any atom is -0.478 e. The fourth-order valence-electron chi connectivity index (χ4n) is 1.32. The second kappa shape index (κ2) is 3.09. The van der Waals surface area contributed by atoms with E-state index in [-0.39, 0.29) is 5.56 Å². The molecule has 0 atom stereocenters. The molecule has 1 heterocycles. The molecule has 4 nitrogen and oxygen atoms in total. The lowest BCUT2D eigenvalue weighted by Gasteiger charge is -1.97. The summed E-state index contributed by atoms with van der Waals surface area (Å²) in [5.74, 6) is -0.937. The van der Waals surface area contributed by atoms with Gasteiger partial charge in [0.2, 0.25) is 0 Å². The van der Waals surface area contributed by atoms with Crippen molar-refractivity contribution in [3.05, 3.63) is 27.9 Å². The number of carboxylic acids is 1. The molecule has 0 fully saturated rings. The van der Waals surface area contributed by atoms with Crippen molar-refractivity contribution in [2.24, 2.45) is 0 Å². The van der Waals surface area contributed by atoms with Crippen LogP contribution in [0.2, 0.25) is 0 Å². The largest absolute Gasteiger partial charge is 0.478 e. The Hall–Kier alpha value is -1.36. The van der Waals surface area contributed by atoms with Gasteiger partial charge in [0.15, 0.2) is 0 Å². The van der Waals surface area contributed by atoms with Gasteiger partial charge in [-0.25, -0.2) is 4.79 Å². The number of aromatic nitrogens is 2. The molecule has 0 aliphatic carbocycles. The summed E-state index contributed by atoms with van der Waals surface area (Å²) in [7, 11) is 0. The van der Waals surface area contributed by atoms with E-state index in [1.807, 2.05) is 6.92 Å². The van der Waals surface area contributed by atoms with Crippen molar-refractivity contribution in [1.29, 1.82) is 0 Å². The van der Waals surface area contributed by atoms with Gasteiger partial charge >= 0.3 is 5.97 Å². The maximum Gasteiger partial charge on any atom is 0.335 e. The molecule has 0 radical (unpaired) electrons. The Morgan fingerprint density at radius 2 is 2.29 bits per heavy atom. The number of halogens is 1. The van der Waals surface area contributed by atoms with Crippen LogP contribution in [0.1, 0.15) is 16.1 Å². The highest BCUT2D eigenvalue weighted by molar-refractivity contribution is 9.10. The Labute approximate surface area is 88.1 Å². The number of benzene rings is 1. The summed E-state index contributed by atoms with van der Waals surface area (Å²) >= 11 is 3.28. The summed E-state index contributed by atoms with van der Waals surface area (Å²) in [6.45, 7) is 1.85. The molecule has 1 aromatic heterocycles. The number of nitrogens with one attached hydrogen (secondary N) is 1. The van der Waals surface area contributed by atoms with Crippen LogP contribution >= 0.6 is 15.9 Å². The minimum atomic E-state index is -0.937. The number of hydrogen-bond acceptors (Lipinski definition) is 2. The van der Waals surface area contributed by atoms with Gasteiger partial charge in [0.25, 0.3) is 0 Å². The third kappa shape index (κ3) is 1.29. The van der Waals surface area contributed by atoms with Crippen LogP contribution in [0.3, 0.4) is 0 Å². The van der Waals surface area contributed by atoms with Crippen LogP contribution in [-0.4, -0.2) is 21.3 Å². The molecule has 2 aromatic rings. The van der Waals surface area contributed by atoms with Crippen molar-refractivity contribution in [2.75, 3.05) is 0 Å². The summed E-state index contributed by atoms with van der Waals surface area (Å²) in [6.07, 6.45) is 0. The number of rotatable bonds is 1. The monoisotopic (exact) mass is 254 g/mol. The molecule has 0 aliphatic rings. The Bertz CT molecular complexity index is 519. The molecule has 0 unspecified atom stereocenters. The van der Waals surface area contributed by atoms with Crippen molar-refractivity contribution < 1.29 is 9.90 Å². The SMILES string of the molecule is Cc1[nH]nc2c(Br)cc(C(=O)O)cc12. The van der Waals surface area contributed by atoms with E-state index in [4.69, 9.17) is 5.11 Å². The zero-order valence-electron chi connectivity index (χ0n) is 7.34. The molecule has 72 valence electrons. The first-order valence-corrected chi connectivity index (χ1v) is 4.76. The molecule has 2 N–H and O–H groups in total. The predicted molar refractivity (Wildman–Crippen MR) is 55.5 cm³/mol. The molecule has 2 rings (SSSR count). The van der Waals surface area contributed by atoms with E-state index < -0.39 is 5.97 Å². The van der Waals surface area contributed by atoms with Gasteiger partial charge in [-0.15, -0.1) is 0 Å². The topological polar surface area (TPSA) is 66.0 Å². The maximum atomic E-state index is 10.8. The van der Waals surface area contributed by atoms with Gasteiger partial charge < -0.3 is 5.11 Å². The van der Waals surface area contributed by atoms with Crippen LogP contribution in [-0.2, 0) is 0 Å². The van der Waals surface area contributed by atoms with Crippen LogP contribution in [0.4, 0.5) is 0 Å². The lowest BCUT2D eigenvalue weighted by atomic mass is 10.1. The van der Waals surface area contributed by atoms with Gasteiger partial charge in [-0.3, -0.25) is 5.10 Å². The van der Waals surface area contributed by atoms with Gasteiger partial charge in [-0.1, -0.05) is 0 Å². The summed E-state index contributed by atoms with van der Waals surface area (Å²) in [5.41, 5.74) is 1.88.